The van der Waals surface area contributed by atoms with Crippen LogP contribution < -0.4 is 4.74 Å². The molecule has 2 aromatic rings. The van der Waals surface area contributed by atoms with Crippen LogP contribution in [-0.4, -0.2) is 11.1 Å². The lowest BCUT2D eigenvalue weighted by Gasteiger charge is -2.11. The van der Waals surface area contributed by atoms with E-state index in [1.807, 2.05) is 13.0 Å². The zero-order chi connectivity index (χ0) is 15.4. The molecule has 0 atom stereocenters. The fourth-order valence-electron chi connectivity index (χ4n) is 1.73. The maximum Gasteiger partial charge on any atom is 0.328 e. The maximum atomic E-state index is 10.5. The van der Waals surface area contributed by atoms with Gasteiger partial charge in [-0.05, 0) is 48.4 Å². The van der Waals surface area contributed by atoms with Gasteiger partial charge >= 0.3 is 5.97 Å². The van der Waals surface area contributed by atoms with Gasteiger partial charge in [-0.3, -0.25) is 0 Å². The van der Waals surface area contributed by atoms with Crippen molar-refractivity contribution in [2.24, 2.45) is 0 Å². The largest absolute Gasteiger partial charge is 0.478 e. The van der Waals surface area contributed by atoms with E-state index >= 15 is 0 Å². The Morgan fingerprint density at radius 3 is 2.57 bits per heavy atom. The van der Waals surface area contributed by atoms with E-state index < -0.39 is 5.97 Å². The first-order chi connectivity index (χ1) is 9.95. The molecule has 0 spiro atoms. The number of carbonyl (C=O) groups is 1. The molecule has 108 valence electrons. The van der Waals surface area contributed by atoms with E-state index in [1.165, 1.54) is 6.08 Å². The van der Waals surface area contributed by atoms with Gasteiger partial charge in [0.2, 0.25) is 0 Å². The smallest absolute Gasteiger partial charge is 0.328 e. The third kappa shape index (κ3) is 4.25. The van der Waals surface area contributed by atoms with Crippen molar-refractivity contribution in [2.45, 2.75) is 6.92 Å². The second-order valence-electron chi connectivity index (χ2n) is 4.37. The molecule has 3 nitrogen and oxygen atoms in total. The molecule has 0 radical (unpaired) electrons. The van der Waals surface area contributed by atoms with Gasteiger partial charge in [0, 0.05) is 17.2 Å². The van der Waals surface area contributed by atoms with E-state index in [4.69, 9.17) is 33.0 Å². The summed E-state index contributed by atoms with van der Waals surface area (Å²) < 4.78 is 5.74. The minimum atomic E-state index is -0.987. The Morgan fingerprint density at radius 1 is 1.14 bits per heavy atom. The average Bonchev–Trinajstić information content (AvgIpc) is 2.43. The fraction of sp³-hybridized carbons (Fsp3) is 0.0625. The summed E-state index contributed by atoms with van der Waals surface area (Å²) in [6.07, 6.45) is 2.61. The summed E-state index contributed by atoms with van der Waals surface area (Å²) in [5, 5.41) is 9.61. The molecule has 0 amide bonds. The molecule has 0 saturated carbocycles. The van der Waals surface area contributed by atoms with Crippen LogP contribution in [-0.2, 0) is 4.79 Å². The molecular weight excluding hydrogens is 311 g/mol. The van der Waals surface area contributed by atoms with Crippen LogP contribution >= 0.6 is 23.2 Å². The Morgan fingerprint density at radius 2 is 1.90 bits per heavy atom. The van der Waals surface area contributed by atoms with Crippen LogP contribution in [0.4, 0.5) is 0 Å². The van der Waals surface area contributed by atoms with E-state index in [2.05, 4.69) is 0 Å². The van der Waals surface area contributed by atoms with E-state index in [1.54, 1.807) is 30.3 Å². The summed E-state index contributed by atoms with van der Waals surface area (Å²) in [7, 11) is 0. The van der Waals surface area contributed by atoms with Gasteiger partial charge < -0.3 is 9.84 Å². The third-order valence-corrected chi connectivity index (χ3v) is 3.28. The Kier molecular flexibility index (Phi) is 4.89. The van der Waals surface area contributed by atoms with Crippen LogP contribution in [0.15, 0.2) is 42.5 Å². The highest BCUT2D eigenvalue weighted by Gasteiger charge is 2.07. The van der Waals surface area contributed by atoms with Crippen molar-refractivity contribution in [3.05, 3.63) is 63.6 Å². The van der Waals surface area contributed by atoms with Crippen molar-refractivity contribution in [3.63, 3.8) is 0 Å². The quantitative estimate of drug-likeness (QED) is 0.787. The zero-order valence-corrected chi connectivity index (χ0v) is 12.7. The number of hydrogen-bond acceptors (Lipinski definition) is 2. The van der Waals surface area contributed by atoms with Crippen LogP contribution in [0.5, 0.6) is 11.5 Å². The van der Waals surface area contributed by atoms with Crippen molar-refractivity contribution in [1.29, 1.82) is 0 Å². The summed E-state index contributed by atoms with van der Waals surface area (Å²) >= 11 is 12.0. The topological polar surface area (TPSA) is 46.5 Å². The van der Waals surface area contributed by atoms with Crippen LogP contribution in [0, 0.1) is 6.92 Å². The number of carboxylic acid groups (broad SMARTS) is 1. The molecular formula is C16H12Cl2O3. The van der Waals surface area contributed by atoms with Crippen LogP contribution in [0.1, 0.15) is 11.1 Å². The van der Waals surface area contributed by atoms with E-state index in [0.717, 1.165) is 17.2 Å². The number of benzene rings is 2. The Balaban J connectivity index is 2.25. The van der Waals surface area contributed by atoms with Crippen LogP contribution in [0.3, 0.4) is 0 Å². The first-order valence-electron chi connectivity index (χ1n) is 6.10. The molecule has 0 heterocycles. The summed E-state index contributed by atoms with van der Waals surface area (Å²) in [6.45, 7) is 1.87. The predicted octanol–water partition coefficient (Wildman–Crippen LogP) is 5.19. The Hall–Kier alpha value is -1.97. The first kappa shape index (κ1) is 15.4. The van der Waals surface area contributed by atoms with Crippen molar-refractivity contribution in [1.82, 2.24) is 0 Å². The third-order valence-electron chi connectivity index (χ3n) is 2.73. The number of hydrogen-bond donors (Lipinski definition) is 1. The molecule has 0 aromatic heterocycles. The van der Waals surface area contributed by atoms with Gasteiger partial charge in [0.1, 0.15) is 11.5 Å². The monoisotopic (exact) mass is 322 g/mol. The van der Waals surface area contributed by atoms with Crippen molar-refractivity contribution < 1.29 is 14.6 Å². The molecule has 0 aliphatic heterocycles. The van der Waals surface area contributed by atoms with Gasteiger partial charge in [0.25, 0.3) is 0 Å². The highest BCUT2D eigenvalue weighted by molar-refractivity contribution is 6.34. The average molecular weight is 323 g/mol. The molecule has 0 aliphatic rings. The van der Waals surface area contributed by atoms with Gasteiger partial charge in [-0.2, -0.15) is 0 Å². The molecule has 21 heavy (non-hydrogen) atoms. The lowest BCUT2D eigenvalue weighted by atomic mass is 10.1. The number of halogens is 2. The Bertz CT molecular complexity index is 709. The van der Waals surface area contributed by atoms with Crippen LogP contribution in [0.2, 0.25) is 10.0 Å². The number of carboxylic acids is 1. The minimum Gasteiger partial charge on any atom is -0.478 e. The SMILES string of the molecule is Cc1cc(C=CC(=O)O)ccc1Oc1cc(Cl)ccc1Cl. The highest BCUT2D eigenvalue weighted by atomic mass is 35.5. The van der Waals surface area contributed by atoms with E-state index in [9.17, 15) is 4.79 Å². The summed E-state index contributed by atoms with van der Waals surface area (Å²) in [5.74, 6) is 0.117. The van der Waals surface area contributed by atoms with Gasteiger partial charge in [0.15, 0.2) is 0 Å². The number of aliphatic carboxylic acids is 1. The summed E-state index contributed by atoms with van der Waals surface area (Å²) in [4.78, 5) is 10.5. The second kappa shape index (κ2) is 6.66. The molecule has 5 heteroatoms. The molecule has 0 aliphatic carbocycles. The lowest BCUT2D eigenvalue weighted by molar-refractivity contribution is -0.131. The second-order valence-corrected chi connectivity index (χ2v) is 5.22. The summed E-state index contributed by atoms with van der Waals surface area (Å²) in [6, 6.07) is 10.3. The summed E-state index contributed by atoms with van der Waals surface area (Å²) in [5.41, 5.74) is 1.64. The van der Waals surface area contributed by atoms with Gasteiger partial charge in [-0.15, -0.1) is 0 Å². The zero-order valence-electron chi connectivity index (χ0n) is 11.1. The van der Waals surface area contributed by atoms with Crippen molar-refractivity contribution in [2.75, 3.05) is 0 Å². The standard InChI is InChI=1S/C16H12Cl2O3/c1-10-8-11(3-7-16(19)20)2-6-14(10)21-15-9-12(17)4-5-13(15)18/h2-9H,1H3,(H,19,20). The number of aryl methyl sites for hydroxylation is 1. The fourth-order valence-corrected chi connectivity index (χ4v) is 2.05. The molecule has 0 saturated heterocycles. The van der Waals surface area contributed by atoms with Gasteiger partial charge in [-0.25, -0.2) is 4.79 Å². The molecule has 2 rings (SSSR count). The lowest BCUT2D eigenvalue weighted by Crippen LogP contribution is -1.90. The molecule has 0 bridgehead atoms. The predicted molar refractivity (Wildman–Crippen MR) is 84.4 cm³/mol. The van der Waals surface area contributed by atoms with Gasteiger partial charge in [-0.1, -0.05) is 29.3 Å². The van der Waals surface area contributed by atoms with E-state index in [-0.39, 0.29) is 0 Å². The van der Waals surface area contributed by atoms with Crippen molar-refractivity contribution >= 4 is 35.2 Å². The molecule has 0 fully saturated rings. The normalized spacial score (nSPS) is 10.8. The number of ether oxygens (including phenoxy) is 1. The first-order valence-corrected chi connectivity index (χ1v) is 6.86. The van der Waals surface area contributed by atoms with E-state index in [0.29, 0.717) is 21.5 Å². The van der Waals surface area contributed by atoms with Crippen molar-refractivity contribution in [3.8, 4) is 11.5 Å². The molecule has 1 N–H and O–H groups in total. The maximum absolute atomic E-state index is 10.5. The minimum absolute atomic E-state index is 0.466. The Labute approximate surface area is 132 Å². The molecule has 2 aromatic carbocycles. The molecule has 0 unspecified atom stereocenters. The van der Waals surface area contributed by atoms with Gasteiger partial charge in [0.05, 0.1) is 5.02 Å². The number of rotatable bonds is 4. The highest BCUT2D eigenvalue weighted by Crippen LogP contribution is 2.33. The van der Waals surface area contributed by atoms with Crippen LogP contribution in [0.25, 0.3) is 6.08 Å².